The van der Waals surface area contributed by atoms with Crippen LogP contribution < -0.4 is 5.73 Å². The normalized spacial score (nSPS) is 13.2. The number of nitrogens with two attached hydrogens (primary N) is 1. The molecule has 0 aliphatic rings. The van der Waals surface area contributed by atoms with Crippen molar-refractivity contribution in [1.29, 1.82) is 0 Å². The molecular formula is C14H21BrN4. The van der Waals surface area contributed by atoms with E-state index in [1.807, 2.05) is 18.7 Å². The Morgan fingerprint density at radius 2 is 2.11 bits per heavy atom. The van der Waals surface area contributed by atoms with Crippen molar-refractivity contribution < 1.29 is 0 Å². The van der Waals surface area contributed by atoms with Gasteiger partial charge in [0.15, 0.2) is 0 Å². The first kappa shape index (κ1) is 14.3. The van der Waals surface area contributed by atoms with Crippen LogP contribution in [-0.4, -0.2) is 14.3 Å². The van der Waals surface area contributed by atoms with E-state index in [9.17, 15) is 0 Å². The van der Waals surface area contributed by atoms with Crippen molar-refractivity contribution in [2.24, 2.45) is 18.7 Å². The summed E-state index contributed by atoms with van der Waals surface area (Å²) < 4.78 is 5.15. The monoisotopic (exact) mass is 324 g/mol. The van der Waals surface area contributed by atoms with Crippen molar-refractivity contribution in [2.75, 3.05) is 0 Å². The fourth-order valence-electron chi connectivity index (χ4n) is 2.16. The summed E-state index contributed by atoms with van der Waals surface area (Å²) in [5, 5.41) is 4.41. The molecule has 5 heteroatoms. The highest BCUT2D eigenvalue weighted by atomic mass is 79.9. The standard InChI is InChI=1S/C14H21BrN4/c1-9(2)14(16)11-5-6-19(7-11)8-12-13(15)10(3)17-18(12)4/h5-7,9,14H,8,16H2,1-4H3. The van der Waals surface area contributed by atoms with Crippen LogP contribution in [0.2, 0.25) is 0 Å². The highest BCUT2D eigenvalue weighted by Gasteiger charge is 2.14. The Labute approximate surface area is 122 Å². The molecule has 0 radical (unpaired) electrons. The van der Waals surface area contributed by atoms with Crippen molar-refractivity contribution in [3.05, 3.63) is 39.9 Å². The largest absolute Gasteiger partial charge is 0.348 e. The lowest BCUT2D eigenvalue weighted by molar-refractivity contribution is 0.513. The van der Waals surface area contributed by atoms with E-state index in [4.69, 9.17) is 5.73 Å². The van der Waals surface area contributed by atoms with Gasteiger partial charge in [-0.3, -0.25) is 4.68 Å². The van der Waals surface area contributed by atoms with Crippen LogP contribution in [0.4, 0.5) is 0 Å². The molecule has 0 amide bonds. The maximum atomic E-state index is 6.17. The van der Waals surface area contributed by atoms with Crippen molar-refractivity contribution in [1.82, 2.24) is 14.3 Å². The Kier molecular flexibility index (Phi) is 4.16. The highest BCUT2D eigenvalue weighted by molar-refractivity contribution is 9.10. The summed E-state index contributed by atoms with van der Waals surface area (Å²) in [6, 6.07) is 2.19. The topological polar surface area (TPSA) is 48.8 Å². The van der Waals surface area contributed by atoms with Crippen LogP contribution in [-0.2, 0) is 13.6 Å². The number of aromatic nitrogens is 3. The molecule has 2 heterocycles. The zero-order chi connectivity index (χ0) is 14.2. The van der Waals surface area contributed by atoms with E-state index in [0.717, 1.165) is 22.4 Å². The van der Waals surface area contributed by atoms with Gasteiger partial charge in [0.05, 0.1) is 22.4 Å². The molecule has 2 aromatic rings. The summed E-state index contributed by atoms with van der Waals surface area (Å²) >= 11 is 3.60. The molecule has 19 heavy (non-hydrogen) atoms. The van der Waals surface area contributed by atoms with Crippen LogP contribution in [0.25, 0.3) is 0 Å². The third-order valence-electron chi connectivity index (χ3n) is 3.47. The summed E-state index contributed by atoms with van der Waals surface area (Å²) in [4.78, 5) is 0. The molecule has 104 valence electrons. The lowest BCUT2D eigenvalue weighted by Gasteiger charge is -2.13. The highest BCUT2D eigenvalue weighted by Crippen LogP contribution is 2.23. The lowest BCUT2D eigenvalue weighted by Crippen LogP contribution is -2.16. The molecule has 0 saturated heterocycles. The van der Waals surface area contributed by atoms with Crippen molar-refractivity contribution in [3.8, 4) is 0 Å². The molecule has 2 N–H and O–H groups in total. The van der Waals surface area contributed by atoms with Crippen LogP contribution >= 0.6 is 15.9 Å². The van der Waals surface area contributed by atoms with Gasteiger partial charge in [0.2, 0.25) is 0 Å². The second kappa shape index (κ2) is 5.51. The summed E-state index contributed by atoms with van der Waals surface area (Å²) in [7, 11) is 1.97. The number of aryl methyl sites for hydroxylation is 2. The summed E-state index contributed by atoms with van der Waals surface area (Å²) in [5.41, 5.74) is 9.54. The number of hydrogen-bond donors (Lipinski definition) is 1. The molecule has 0 aliphatic heterocycles. The zero-order valence-corrected chi connectivity index (χ0v) is 13.5. The lowest BCUT2D eigenvalue weighted by atomic mass is 10.00. The van der Waals surface area contributed by atoms with Crippen molar-refractivity contribution in [3.63, 3.8) is 0 Å². The van der Waals surface area contributed by atoms with E-state index in [1.165, 1.54) is 5.56 Å². The minimum Gasteiger partial charge on any atom is -0.348 e. The summed E-state index contributed by atoms with van der Waals surface area (Å²) in [6.07, 6.45) is 4.20. The van der Waals surface area contributed by atoms with Crippen LogP contribution in [0.1, 0.15) is 36.8 Å². The molecule has 4 nitrogen and oxygen atoms in total. The fourth-order valence-corrected chi connectivity index (χ4v) is 2.63. The van der Waals surface area contributed by atoms with Crippen LogP contribution in [0.15, 0.2) is 22.9 Å². The van der Waals surface area contributed by atoms with Gasteiger partial charge in [0.25, 0.3) is 0 Å². The van der Waals surface area contributed by atoms with Gasteiger partial charge >= 0.3 is 0 Å². The minimum atomic E-state index is 0.0953. The van der Waals surface area contributed by atoms with Crippen LogP contribution in [0, 0.1) is 12.8 Å². The van der Waals surface area contributed by atoms with Crippen LogP contribution in [0.5, 0.6) is 0 Å². The average Bonchev–Trinajstić information content (AvgIpc) is 2.90. The first-order valence-corrected chi connectivity index (χ1v) is 7.28. The Hall–Kier alpha value is -1.07. The van der Waals surface area contributed by atoms with E-state index < -0.39 is 0 Å². The van der Waals surface area contributed by atoms with E-state index in [1.54, 1.807) is 0 Å². The van der Waals surface area contributed by atoms with Crippen molar-refractivity contribution in [2.45, 2.75) is 33.4 Å². The molecule has 2 aromatic heterocycles. The molecule has 0 spiro atoms. The van der Waals surface area contributed by atoms with Gasteiger partial charge in [0, 0.05) is 25.5 Å². The van der Waals surface area contributed by atoms with Gasteiger partial charge in [-0.2, -0.15) is 5.10 Å². The fraction of sp³-hybridized carbons (Fsp3) is 0.500. The average molecular weight is 325 g/mol. The summed E-state index contributed by atoms with van der Waals surface area (Å²) in [5.74, 6) is 0.446. The predicted octanol–water partition coefficient (Wildman–Crippen LogP) is 3.00. The Morgan fingerprint density at radius 3 is 2.63 bits per heavy atom. The third-order valence-corrected chi connectivity index (χ3v) is 4.50. The van der Waals surface area contributed by atoms with Gasteiger partial charge in [-0.25, -0.2) is 0 Å². The number of rotatable bonds is 4. The zero-order valence-electron chi connectivity index (χ0n) is 11.9. The molecule has 0 aromatic carbocycles. The Balaban J connectivity index is 2.20. The maximum Gasteiger partial charge on any atom is 0.0739 e. The second-order valence-corrected chi connectivity index (χ2v) is 6.15. The molecule has 1 unspecified atom stereocenters. The van der Waals surface area contributed by atoms with Gasteiger partial charge < -0.3 is 10.3 Å². The van der Waals surface area contributed by atoms with Gasteiger partial charge in [0.1, 0.15) is 0 Å². The predicted molar refractivity (Wildman–Crippen MR) is 80.9 cm³/mol. The molecule has 0 fully saturated rings. The van der Waals surface area contributed by atoms with Gasteiger partial charge in [-0.05, 0) is 40.4 Å². The maximum absolute atomic E-state index is 6.17. The Morgan fingerprint density at radius 1 is 1.42 bits per heavy atom. The number of hydrogen-bond acceptors (Lipinski definition) is 2. The smallest absolute Gasteiger partial charge is 0.0739 e. The molecular weight excluding hydrogens is 304 g/mol. The molecule has 0 bridgehead atoms. The quantitative estimate of drug-likeness (QED) is 0.939. The first-order chi connectivity index (χ1) is 8.90. The molecule has 0 aliphatic carbocycles. The van der Waals surface area contributed by atoms with Crippen LogP contribution in [0.3, 0.4) is 0 Å². The number of halogens is 1. The molecule has 2 rings (SSSR count). The van der Waals surface area contributed by atoms with Gasteiger partial charge in [-0.1, -0.05) is 13.8 Å². The van der Waals surface area contributed by atoms with E-state index in [0.29, 0.717) is 5.92 Å². The summed E-state index contributed by atoms with van der Waals surface area (Å²) in [6.45, 7) is 7.08. The first-order valence-electron chi connectivity index (χ1n) is 6.49. The third kappa shape index (κ3) is 2.92. The number of nitrogens with zero attached hydrogens (tertiary/aromatic N) is 3. The van der Waals surface area contributed by atoms with E-state index >= 15 is 0 Å². The Bertz CT molecular complexity index is 568. The van der Waals surface area contributed by atoms with Gasteiger partial charge in [-0.15, -0.1) is 0 Å². The van der Waals surface area contributed by atoms with E-state index in [2.05, 4.69) is 57.9 Å². The molecule has 0 saturated carbocycles. The minimum absolute atomic E-state index is 0.0953. The SMILES string of the molecule is Cc1nn(C)c(Cn2ccc(C(N)C(C)C)c2)c1Br. The van der Waals surface area contributed by atoms with E-state index in [-0.39, 0.29) is 6.04 Å². The van der Waals surface area contributed by atoms with Crippen molar-refractivity contribution >= 4 is 15.9 Å². The molecule has 1 atom stereocenters. The second-order valence-electron chi connectivity index (χ2n) is 5.36.